The molecule has 1 aromatic heterocycles. The molecule has 0 unspecified atom stereocenters. The van der Waals surface area contributed by atoms with E-state index in [1.807, 2.05) is 0 Å². The number of carbonyl (C=O) groups is 2. The van der Waals surface area contributed by atoms with E-state index in [1.165, 1.54) is 6.07 Å². The molecule has 0 spiro atoms. The number of carboxylic acids is 1. The first-order chi connectivity index (χ1) is 8.06. The van der Waals surface area contributed by atoms with Crippen molar-refractivity contribution in [2.75, 3.05) is 13.6 Å². The van der Waals surface area contributed by atoms with Crippen molar-refractivity contribution < 1.29 is 14.7 Å². The summed E-state index contributed by atoms with van der Waals surface area (Å²) in [5.74, 6) is -1.08. The van der Waals surface area contributed by atoms with Gasteiger partial charge in [-0.05, 0) is 18.6 Å². The molecule has 0 fully saturated rings. The van der Waals surface area contributed by atoms with E-state index in [4.69, 9.17) is 5.11 Å². The highest BCUT2D eigenvalue weighted by Crippen LogP contribution is 2.18. The number of unbranched alkanes of at least 4 members (excludes halogenated alkanes) is 2. The highest BCUT2D eigenvalue weighted by molar-refractivity contribution is 7.15. The average molecular weight is 255 g/mol. The summed E-state index contributed by atoms with van der Waals surface area (Å²) in [5.41, 5.74) is 0. The van der Waals surface area contributed by atoms with Gasteiger partial charge in [0, 0.05) is 13.6 Å². The van der Waals surface area contributed by atoms with Crippen molar-refractivity contribution in [3.63, 3.8) is 0 Å². The van der Waals surface area contributed by atoms with Crippen molar-refractivity contribution in [2.24, 2.45) is 0 Å². The number of carboxylic acid groups (broad SMARTS) is 1. The summed E-state index contributed by atoms with van der Waals surface area (Å²) in [4.78, 5) is 25.0. The minimum Gasteiger partial charge on any atom is -0.477 e. The van der Waals surface area contributed by atoms with Crippen LogP contribution in [-0.2, 0) is 0 Å². The van der Waals surface area contributed by atoms with Crippen LogP contribution in [0.4, 0.5) is 0 Å². The molecule has 0 saturated heterocycles. The molecule has 1 amide bonds. The van der Waals surface area contributed by atoms with Gasteiger partial charge in [-0.25, -0.2) is 4.79 Å². The van der Waals surface area contributed by atoms with E-state index in [0.29, 0.717) is 11.4 Å². The first kappa shape index (κ1) is 13.7. The number of amides is 1. The lowest BCUT2D eigenvalue weighted by Gasteiger charge is -2.15. The zero-order valence-corrected chi connectivity index (χ0v) is 10.9. The maximum atomic E-state index is 11.9. The van der Waals surface area contributed by atoms with E-state index in [1.54, 1.807) is 18.0 Å². The zero-order chi connectivity index (χ0) is 12.8. The van der Waals surface area contributed by atoms with E-state index in [9.17, 15) is 9.59 Å². The molecule has 0 aliphatic carbocycles. The minimum absolute atomic E-state index is 0.0985. The third kappa shape index (κ3) is 3.85. The van der Waals surface area contributed by atoms with Crippen LogP contribution in [0.2, 0.25) is 0 Å². The third-order valence-electron chi connectivity index (χ3n) is 2.47. The number of thiophene rings is 1. The molecule has 0 aliphatic heterocycles. The van der Waals surface area contributed by atoms with Gasteiger partial charge in [0.25, 0.3) is 5.91 Å². The van der Waals surface area contributed by atoms with Crippen molar-refractivity contribution in [1.82, 2.24) is 4.90 Å². The van der Waals surface area contributed by atoms with Crippen molar-refractivity contribution >= 4 is 23.2 Å². The maximum Gasteiger partial charge on any atom is 0.345 e. The fourth-order valence-corrected chi connectivity index (χ4v) is 2.30. The summed E-state index contributed by atoms with van der Waals surface area (Å²) in [6.07, 6.45) is 3.20. The molecule has 0 aliphatic rings. The molecule has 0 aromatic carbocycles. The zero-order valence-electron chi connectivity index (χ0n) is 10.1. The Morgan fingerprint density at radius 1 is 1.29 bits per heavy atom. The quantitative estimate of drug-likeness (QED) is 0.795. The molecule has 94 valence electrons. The van der Waals surface area contributed by atoms with Crippen LogP contribution in [0, 0.1) is 0 Å². The number of carbonyl (C=O) groups excluding carboxylic acids is 1. The Morgan fingerprint density at radius 2 is 1.94 bits per heavy atom. The van der Waals surface area contributed by atoms with E-state index in [2.05, 4.69) is 6.92 Å². The van der Waals surface area contributed by atoms with Crippen molar-refractivity contribution in [1.29, 1.82) is 0 Å². The van der Waals surface area contributed by atoms with Gasteiger partial charge in [0.1, 0.15) is 4.88 Å². The monoisotopic (exact) mass is 255 g/mol. The number of hydrogen-bond acceptors (Lipinski definition) is 3. The maximum absolute atomic E-state index is 11.9. The van der Waals surface area contributed by atoms with E-state index in [-0.39, 0.29) is 10.8 Å². The summed E-state index contributed by atoms with van der Waals surface area (Å²) < 4.78 is 0. The molecule has 4 nitrogen and oxygen atoms in total. The molecule has 0 atom stereocenters. The van der Waals surface area contributed by atoms with Crippen LogP contribution in [0.1, 0.15) is 45.5 Å². The van der Waals surface area contributed by atoms with Crippen molar-refractivity contribution in [3.05, 3.63) is 21.9 Å². The van der Waals surface area contributed by atoms with Crippen molar-refractivity contribution in [3.8, 4) is 0 Å². The molecule has 1 N–H and O–H groups in total. The number of rotatable bonds is 6. The van der Waals surface area contributed by atoms with E-state index >= 15 is 0 Å². The second kappa shape index (κ2) is 6.39. The van der Waals surface area contributed by atoms with E-state index in [0.717, 1.165) is 30.6 Å². The van der Waals surface area contributed by atoms with Gasteiger partial charge in [-0.2, -0.15) is 0 Å². The van der Waals surface area contributed by atoms with Crippen LogP contribution in [0.3, 0.4) is 0 Å². The summed E-state index contributed by atoms with van der Waals surface area (Å²) in [6, 6.07) is 3.05. The lowest BCUT2D eigenvalue weighted by atomic mass is 10.2. The SMILES string of the molecule is CCCCCN(C)C(=O)c1ccc(C(=O)O)s1. The average Bonchev–Trinajstić information content (AvgIpc) is 2.77. The second-order valence-electron chi connectivity index (χ2n) is 3.90. The van der Waals surface area contributed by atoms with Gasteiger partial charge in [-0.1, -0.05) is 19.8 Å². The molecule has 17 heavy (non-hydrogen) atoms. The Morgan fingerprint density at radius 3 is 2.47 bits per heavy atom. The van der Waals surface area contributed by atoms with Crippen LogP contribution in [0.25, 0.3) is 0 Å². The fraction of sp³-hybridized carbons (Fsp3) is 0.500. The predicted molar refractivity (Wildman–Crippen MR) is 67.8 cm³/mol. The second-order valence-corrected chi connectivity index (χ2v) is 4.99. The van der Waals surface area contributed by atoms with Crippen LogP contribution in [0.5, 0.6) is 0 Å². The Bertz CT molecular complexity index is 400. The molecular weight excluding hydrogens is 238 g/mol. The lowest BCUT2D eigenvalue weighted by molar-refractivity contribution is 0.0701. The van der Waals surface area contributed by atoms with Crippen molar-refractivity contribution in [2.45, 2.75) is 26.2 Å². The number of nitrogens with zero attached hydrogens (tertiary/aromatic N) is 1. The summed E-state index contributed by atoms with van der Waals surface area (Å²) in [6.45, 7) is 2.83. The standard InChI is InChI=1S/C12H17NO3S/c1-3-4-5-8-13(2)11(14)9-6-7-10(17-9)12(15)16/h6-7H,3-5,8H2,1-2H3,(H,15,16). The third-order valence-corrected chi connectivity index (χ3v) is 3.53. The number of hydrogen-bond donors (Lipinski definition) is 1. The Balaban J connectivity index is 2.58. The van der Waals surface area contributed by atoms with Crippen LogP contribution < -0.4 is 0 Å². The lowest BCUT2D eigenvalue weighted by Crippen LogP contribution is -2.26. The molecule has 5 heteroatoms. The van der Waals surface area contributed by atoms with Crippen LogP contribution in [0.15, 0.2) is 12.1 Å². The molecule has 0 bridgehead atoms. The summed E-state index contributed by atoms with van der Waals surface area (Å²) >= 11 is 1.03. The topological polar surface area (TPSA) is 57.6 Å². The molecule has 0 radical (unpaired) electrons. The molecule has 0 saturated carbocycles. The minimum atomic E-state index is -0.984. The smallest absolute Gasteiger partial charge is 0.345 e. The first-order valence-corrected chi connectivity index (χ1v) is 6.46. The molecule has 1 rings (SSSR count). The van der Waals surface area contributed by atoms with Gasteiger partial charge >= 0.3 is 5.97 Å². The van der Waals surface area contributed by atoms with Gasteiger partial charge in [-0.3, -0.25) is 4.79 Å². The Labute approximate surface area is 105 Å². The molecule has 1 heterocycles. The predicted octanol–water partition coefficient (Wildman–Crippen LogP) is 2.71. The van der Waals surface area contributed by atoms with Gasteiger partial charge in [0.15, 0.2) is 0 Å². The van der Waals surface area contributed by atoms with E-state index < -0.39 is 5.97 Å². The normalized spacial score (nSPS) is 10.2. The highest BCUT2D eigenvalue weighted by Gasteiger charge is 2.15. The summed E-state index contributed by atoms with van der Waals surface area (Å²) in [7, 11) is 1.75. The first-order valence-electron chi connectivity index (χ1n) is 5.64. The van der Waals surface area contributed by atoms with Gasteiger partial charge in [0.2, 0.25) is 0 Å². The van der Waals surface area contributed by atoms with Gasteiger partial charge in [0.05, 0.1) is 4.88 Å². The molecular formula is C12H17NO3S. The Hall–Kier alpha value is -1.36. The van der Waals surface area contributed by atoms with Crippen LogP contribution >= 0.6 is 11.3 Å². The van der Waals surface area contributed by atoms with Crippen LogP contribution in [-0.4, -0.2) is 35.5 Å². The van der Waals surface area contributed by atoms with Gasteiger partial charge in [-0.15, -0.1) is 11.3 Å². The largest absolute Gasteiger partial charge is 0.477 e. The number of aromatic carboxylic acids is 1. The Kier molecular flexibility index (Phi) is 5.15. The summed E-state index contributed by atoms with van der Waals surface area (Å²) in [5, 5.41) is 8.78. The highest BCUT2D eigenvalue weighted by atomic mass is 32.1. The van der Waals surface area contributed by atoms with Gasteiger partial charge < -0.3 is 10.0 Å². The molecule has 1 aromatic rings. The fourth-order valence-electron chi connectivity index (χ4n) is 1.46.